The van der Waals surface area contributed by atoms with E-state index in [2.05, 4.69) is 29.2 Å². The molecule has 2 aromatic heterocycles. The molecular formula is C20H23N3O2. The number of carboxylic acids is 1. The van der Waals surface area contributed by atoms with Gasteiger partial charge in [0.25, 0.3) is 0 Å². The number of aromatic nitrogens is 2. The van der Waals surface area contributed by atoms with Gasteiger partial charge in [-0.2, -0.15) is 0 Å². The lowest BCUT2D eigenvalue weighted by Crippen LogP contribution is -2.36. The standard InChI is InChI=1S/C20H23N3O2/c1-13(2)14-7-10-22(11-8-14)19-18-4-3-9-23(18)17-6-5-15(20(24)25)12-16(17)21-19/h3-6,9,12-14H,7-8,10-11H2,1-2H3,(H,24,25). The Labute approximate surface area is 146 Å². The number of carbonyl (C=O) groups is 1. The zero-order chi connectivity index (χ0) is 17.6. The van der Waals surface area contributed by atoms with Gasteiger partial charge in [0.05, 0.1) is 22.1 Å². The Bertz CT molecular complexity index is 937. The van der Waals surface area contributed by atoms with E-state index in [1.54, 1.807) is 12.1 Å². The summed E-state index contributed by atoms with van der Waals surface area (Å²) in [4.78, 5) is 18.5. The minimum atomic E-state index is -0.921. The minimum Gasteiger partial charge on any atom is -0.478 e. The van der Waals surface area contributed by atoms with Crippen molar-refractivity contribution in [3.8, 4) is 0 Å². The van der Waals surface area contributed by atoms with Gasteiger partial charge >= 0.3 is 5.97 Å². The third-order valence-corrected chi connectivity index (χ3v) is 5.47. The summed E-state index contributed by atoms with van der Waals surface area (Å²) in [5.41, 5.74) is 3.02. The number of benzene rings is 1. The average Bonchev–Trinajstić information content (AvgIpc) is 3.10. The van der Waals surface area contributed by atoms with Gasteiger partial charge < -0.3 is 14.4 Å². The number of aromatic carboxylic acids is 1. The Kier molecular flexibility index (Phi) is 3.86. The maximum atomic E-state index is 11.3. The largest absolute Gasteiger partial charge is 0.478 e. The van der Waals surface area contributed by atoms with Gasteiger partial charge in [-0.05, 0) is 55.0 Å². The second-order valence-electron chi connectivity index (χ2n) is 7.28. The smallest absolute Gasteiger partial charge is 0.335 e. The Balaban J connectivity index is 1.79. The summed E-state index contributed by atoms with van der Waals surface area (Å²) in [7, 11) is 0. The van der Waals surface area contributed by atoms with Crippen LogP contribution in [0.3, 0.4) is 0 Å². The summed E-state index contributed by atoms with van der Waals surface area (Å²) in [6.07, 6.45) is 4.38. The average molecular weight is 337 g/mol. The second-order valence-corrected chi connectivity index (χ2v) is 7.28. The Morgan fingerprint density at radius 2 is 1.96 bits per heavy atom. The first-order valence-electron chi connectivity index (χ1n) is 8.93. The molecule has 0 radical (unpaired) electrons. The second kappa shape index (κ2) is 6.06. The normalized spacial score (nSPS) is 16.2. The van der Waals surface area contributed by atoms with E-state index in [1.165, 1.54) is 12.8 Å². The highest BCUT2D eigenvalue weighted by molar-refractivity contribution is 5.94. The molecule has 3 aromatic rings. The summed E-state index contributed by atoms with van der Waals surface area (Å²) in [5.74, 6) is 1.54. The molecule has 5 nitrogen and oxygen atoms in total. The van der Waals surface area contributed by atoms with Gasteiger partial charge in [0.15, 0.2) is 5.82 Å². The van der Waals surface area contributed by atoms with E-state index < -0.39 is 5.97 Å². The molecule has 1 saturated heterocycles. The molecule has 0 spiro atoms. The van der Waals surface area contributed by atoms with Gasteiger partial charge in [-0.15, -0.1) is 0 Å². The molecule has 0 aliphatic carbocycles. The van der Waals surface area contributed by atoms with Gasteiger partial charge in [0, 0.05) is 19.3 Å². The van der Waals surface area contributed by atoms with Crippen LogP contribution in [0.15, 0.2) is 36.5 Å². The lowest BCUT2D eigenvalue weighted by Gasteiger charge is -2.35. The van der Waals surface area contributed by atoms with Crippen LogP contribution < -0.4 is 4.90 Å². The predicted octanol–water partition coefficient (Wildman–Crippen LogP) is 4.06. The fourth-order valence-corrected chi connectivity index (χ4v) is 3.90. The highest BCUT2D eigenvalue weighted by Gasteiger charge is 2.24. The molecule has 1 fully saturated rings. The van der Waals surface area contributed by atoms with Crippen molar-refractivity contribution in [2.45, 2.75) is 26.7 Å². The van der Waals surface area contributed by atoms with Crippen molar-refractivity contribution in [2.24, 2.45) is 11.8 Å². The number of hydrogen-bond donors (Lipinski definition) is 1. The number of nitrogens with zero attached hydrogens (tertiary/aromatic N) is 3. The van der Waals surface area contributed by atoms with Crippen LogP contribution >= 0.6 is 0 Å². The van der Waals surface area contributed by atoms with E-state index in [0.29, 0.717) is 0 Å². The first-order valence-corrected chi connectivity index (χ1v) is 8.93. The van der Waals surface area contributed by atoms with Crippen LogP contribution in [0.5, 0.6) is 0 Å². The number of hydrogen-bond acceptors (Lipinski definition) is 3. The van der Waals surface area contributed by atoms with E-state index in [9.17, 15) is 9.90 Å². The summed E-state index contributed by atoms with van der Waals surface area (Å²) in [6, 6.07) is 9.25. The van der Waals surface area contributed by atoms with Crippen molar-refractivity contribution < 1.29 is 9.90 Å². The Morgan fingerprint density at radius 1 is 1.20 bits per heavy atom. The van der Waals surface area contributed by atoms with Gasteiger partial charge in [0.1, 0.15) is 0 Å². The van der Waals surface area contributed by atoms with Crippen LogP contribution in [0.4, 0.5) is 5.82 Å². The number of rotatable bonds is 3. The summed E-state index contributed by atoms with van der Waals surface area (Å²) < 4.78 is 2.11. The number of carboxylic acid groups (broad SMARTS) is 1. The lowest BCUT2D eigenvalue weighted by atomic mass is 9.87. The molecule has 130 valence electrons. The number of anilines is 1. The van der Waals surface area contributed by atoms with Crippen molar-refractivity contribution in [2.75, 3.05) is 18.0 Å². The van der Waals surface area contributed by atoms with E-state index in [-0.39, 0.29) is 5.56 Å². The zero-order valence-corrected chi connectivity index (χ0v) is 14.6. The van der Waals surface area contributed by atoms with E-state index >= 15 is 0 Å². The van der Waals surface area contributed by atoms with E-state index in [0.717, 1.165) is 47.3 Å². The Morgan fingerprint density at radius 3 is 2.64 bits per heavy atom. The van der Waals surface area contributed by atoms with Crippen molar-refractivity contribution in [1.29, 1.82) is 0 Å². The van der Waals surface area contributed by atoms with Gasteiger partial charge in [0.2, 0.25) is 0 Å². The molecule has 1 aliphatic rings. The molecule has 4 rings (SSSR count). The predicted molar refractivity (Wildman–Crippen MR) is 99.4 cm³/mol. The first-order chi connectivity index (χ1) is 12.0. The van der Waals surface area contributed by atoms with Crippen LogP contribution in [0.1, 0.15) is 37.0 Å². The lowest BCUT2D eigenvalue weighted by molar-refractivity contribution is 0.0697. The molecule has 1 N–H and O–H groups in total. The van der Waals surface area contributed by atoms with Crippen LogP contribution in [0.2, 0.25) is 0 Å². The number of piperidine rings is 1. The molecule has 25 heavy (non-hydrogen) atoms. The molecule has 3 heterocycles. The molecule has 0 amide bonds. The van der Waals surface area contributed by atoms with E-state index in [1.807, 2.05) is 18.3 Å². The summed E-state index contributed by atoms with van der Waals surface area (Å²) in [6.45, 7) is 6.60. The molecule has 5 heteroatoms. The highest BCUT2D eigenvalue weighted by Crippen LogP contribution is 2.31. The maximum Gasteiger partial charge on any atom is 0.335 e. The molecule has 0 bridgehead atoms. The molecule has 0 atom stereocenters. The fraction of sp³-hybridized carbons (Fsp3) is 0.400. The van der Waals surface area contributed by atoms with Crippen molar-refractivity contribution in [1.82, 2.24) is 9.38 Å². The maximum absolute atomic E-state index is 11.3. The number of fused-ring (bicyclic) bond motifs is 3. The van der Waals surface area contributed by atoms with Gasteiger partial charge in [-0.25, -0.2) is 9.78 Å². The molecule has 1 aromatic carbocycles. The minimum absolute atomic E-state index is 0.274. The molecule has 0 unspecified atom stereocenters. The quantitative estimate of drug-likeness (QED) is 0.783. The summed E-state index contributed by atoms with van der Waals surface area (Å²) in [5, 5.41) is 9.27. The monoisotopic (exact) mass is 337 g/mol. The molecule has 0 saturated carbocycles. The molecular weight excluding hydrogens is 314 g/mol. The van der Waals surface area contributed by atoms with Crippen molar-refractivity contribution >= 4 is 28.3 Å². The Hall–Kier alpha value is -2.56. The van der Waals surface area contributed by atoms with Gasteiger partial charge in [-0.3, -0.25) is 0 Å². The van der Waals surface area contributed by atoms with Crippen LogP contribution in [-0.4, -0.2) is 33.6 Å². The third kappa shape index (κ3) is 2.73. The van der Waals surface area contributed by atoms with Crippen LogP contribution in [0, 0.1) is 11.8 Å². The van der Waals surface area contributed by atoms with Gasteiger partial charge in [-0.1, -0.05) is 13.8 Å². The highest BCUT2D eigenvalue weighted by atomic mass is 16.4. The summed E-state index contributed by atoms with van der Waals surface area (Å²) >= 11 is 0. The third-order valence-electron chi connectivity index (χ3n) is 5.47. The van der Waals surface area contributed by atoms with Crippen molar-refractivity contribution in [3.63, 3.8) is 0 Å². The SMILES string of the molecule is CC(C)C1CCN(c2nc3cc(C(=O)O)ccc3n3cccc23)CC1. The van der Waals surface area contributed by atoms with Crippen LogP contribution in [0.25, 0.3) is 16.6 Å². The fourth-order valence-electron chi connectivity index (χ4n) is 3.90. The van der Waals surface area contributed by atoms with Crippen LogP contribution in [-0.2, 0) is 0 Å². The molecule has 1 aliphatic heterocycles. The first kappa shape index (κ1) is 15.9. The van der Waals surface area contributed by atoms with E-state index in [4.69, 9.17) is 4.98 Å². The zero-order valence-electron chi connectivity index (χ0n) is 14.6. The topological polar surface area (TPSA) is 57.8 Å². The van der Waals surface area contributed by atoms with Crippen molar-refractivity contribution in [3.05, 3.63) is 42.1 Å².